The molecule has 6 heteroatoms. The lowest BCUT2D eigenvalue weighted by atomic mass is 10.0. The predicted molar refractivity (Wildman–Crippen MR) is 78.3 cm³/mol. The summed E-state index contributed by atoms with van der Waals surface area (Å²) in [6.07, 6.45) is 4.82. The second-order valence-electron chi connectivity index (χ2n) is 4.17. The molecule has 0 aliphatic heterocycles. The monoisotopic (exact) mass is 269 g/mol. The smallest absolute Gasteiger partial charge is 0.221 e. The molecule has 0 bridgehead atoms. The Morgan fingerprint density at radius 2 is 2.15 bits per heavy atom. The Labute approximate surface area is 116 Å². The molecular formula is C14H15N5O. The van der Waals surface area contributed by atoms with Gasteiger partial charge in [-0.3, -0.25) is 15.2 Å². The average molecular weight is 269 g/mol. The van der Waals surface area contributed by atoms with Gasteiger partial charge in [-0.05, 0) is 18.2 Å². The van der Waals surface area contributed by atoms with Crippen LogP contribution in [0.25, 0.3) is 0 Å². The Kier molecular flexibility index (Phi) is 4.05. The molecule has 0 atom stereocenters. The summed E-state index contributed by atoms with van der Waals surface area (Å²) >= 11 is 0. The summed E-state index contributed by atoms with van der Waals surface area (Å²) in [4.78, 5) is 19.3. The van der Waals surface area contributed by atoms with E-state index in [1.165, 1.54) is 6.92 Å². The topological polar surface area (TPSA) is 90.8 Å². The highest BCUT2D eigenvalue weighted by atomic mass is 16.1. The zero-order chi connectivity index (χ0) is 14.5. The number of hydrogen-bond acceptors (Lipinski definition) is 5. The molecule has 20 heavy (non-hydrogen) atoms. The maximum atomic E-state index is 11.1. The van der Waals surface area contributed by atoms with E-state index >= 15 is 0 Å². The lowest BCUT2D eigenvalue weighted by Crippen LogP contribution is -2.11. The van der Waals surface area contributed by atoms with Crippen molar-refractivity contribution in [2.75, 3.05) is 17.7 Å². The predicted octanol–water partition coefficient (Wildman–Crippen LogP) is 1.89. The maximum Gasteiger partial charge on any atom is 0.221 e. The Hall–Kier alpha value is -2.76. The number of nitrogens with one attached hydrogen (secondary N) is 3. The number of amides is 1. The molecule has 0 unspecified atom stereocenters. The minimum atomic E-state index is -0.178. The van der Waals surface area contributed by atoms with Crippen LogP contribution in [0.5, 0.6) is 0 Å². The Morgan fingerprint density at radius 1 is 1.35 bits per heavy atom. The van der Waals surface area contributed by atoms with Gasteiger partial charge >= 0.3 is 0 Å². The van der Waals surface area contributed by atoms with Gasteiger partial charge in [0.05, 0.1) is 17.6 Å². The van der Waals surface area contributed by atoms with Crippen molar-refractivity contribution in [2.24, 2.45) is 0 Å². The summed E-state index contributed by atoms with van der Waals surface area (Å²) < 4.78 is 0. The van der Waals surface area contributed by atoms with E-state index in [1.54, 1.807) is 43.8 Å². The fourth-order valence-electron chi connectivity index (χ4n) is 1.79. The molecule has 0 saturated heterocycles. The molecule has 2 heterocycles. The van der Waals surface area contributed by atoms with Crippen molar-refractivity contribution >= 4 is 23.1 Å². The Balaban J connectivity index is 2.43. The molecule has 0 aliphatic carbocycles. The summed E-state index contributed by atoms with van der Waals surface area (Å²) in [5, 5.41) is 13.9. The van der Waals surface area contributed by atoms with Crippen molar-refractivity contribution < 1.29 is 4.79 Å². The fourth-order valence-corrected chi connectivity index (χ4v) is 1.79. The number of aromatic nitrogens is 2. The van der Waals surface area contributed by atoms with Gasteiger partial charge in [0, 0.05) is 37.5 Å². The highest BCUT2D eigenvalue weighted by Gasteiger charge is 2.12. The molecule has 1 amide bonds. The Morgan fingerprint density at radius 3 is 2.75 bits per heavy atom. The van der Waals surface area contributed by atoms with Gasteiger partial charge in [0.1, 0.15) is 5.82 Å². The first-order chi connectivity index (χ1) is 9.61. The van der Waals surface area contributed by atoms with Gasteiger partial charge in [-0.2, -0.15) is 0 Å². The molecule has 2 rings (SSSR count). The molecule has 0 saturated carbocycles. The zero-order valence-electron chi connectivity index (χ0n) is 11.3. The van der Waals surface area contributed by atoms with Crippen molar-refractivity contribution in [1.82, 2.24) is 9.97 Å². The quantitative estimate of drug-likeness (QED) is 0.739. The van der Waals surface area contributed by atoms with E-state index in [0.717, 1.165) is 0 Å². The van der Waals surface area contributed by atoms with Crippen LogP contribution >= 0.6 is 0 Å². The van der Waals surface area contributed by atoms with E-state index in [1.807, 2.05) is 0 Å². The van der Waals surface area contributed by atoms with Gasteiger partial charge in [0.2, 0.25) is 5.91 Å². The van der Waals surface area contributed by atoms with Gasteiger partial charge in [-0.15, -0.1) is 0 Å². The van der Waals surface area contributed by atoms with Crippen LogP contribution in [0.3, 0.4) is 0 Å². The minimum Gasteiger partial charge on any atom is -0.373 e. The summed E-state index contributed by atoms with van der Waals surface area (Å²) in [6.45, 7) is 1.43. The van der Waals surface area contributed by atoms with E-state index in [4.69, 9.17) is 5.41 Å². The summed E-state index contributed by atoms with van der Waals surface area (Å²) in [5.74, 6) is 0.399. The number of anilines is 2. The van der Waals surface area contributed by atoms with E-state index in [-0.39, 0.29) is 5.91 Å². The summed E-state index contributed by atoms with van der Waals surface area (Å²) in [5.41, 5.74) is 2.14. The van der Waals surface area contributed by atoms with Gasteiger partial charge in [-0.1, -0.05) is 0 Å². The molecule has 102 valence electrons. The SMILES string of the molecule is CNc1ncc(NC(C)=O)cc1C(=N)c1cccnc1. The largest absolute Gasteiger partial charge is 0.373 e. The van der Waals surface area contributed by atoms with E-state index in [9.17, 15) is 4.79 Å². The first kappa shape index (κ1) is 13.7. The van der Waals surface area contributed by atoms with Crippen molar-refractivity contribution in [3.8, 4) is 0 Å². The third-order valence-corrected chi connectivity index (χ3v) is 2.66. The zero-order valence-corrected chi connectivity index (χ0v) is 11.3. The number of pyridine rings is 2. The van der Waals surface area contributed by atoms with E-state index in [0.29, 0.717) is 28.3 Å². The van der Waals surface area contributed by atoms with Crippen LogP contribution in [0.1, 0.15) is 18.1 Å². The third-order valence-electron chi connectivity index (χ3n) is 2.66. The van der Waals surface area contributed by atoms with Crippen LogP contribution in [0.15, 0.2) is 36.8 Å². The number of rotatable bonds is 4. The minimum absolute atomic E-state index is 0.178. The second-order valence-corrected chi connectivity index (χ2v) is 4.17. The molecular weight excluding hydrogens is 254 g/mol. The maximum absolute atomic E-state index is 11.1. The van der Waals surface area contributed by atoms with Gasteiger partial charge in [0.15, 0.2) is 0 Å². The number of hydrogen-bond donors (Lipinski definition) is 3. The third kappa shape index (κ3) is 2.97. The number of carbonyl (C=O) groups is 1. The first-order valence-electron chi connectivity index (χ1n) is 6.06. The molecule has 0 aromatic carbocycles. The van der Waals surface area contributed by atoms with Crippen LogP contribution < -0.4 is 10.6 Å². The molecule has 6 nitrogen and oxygen atoms in total. The number of carbonyl (C=O) groups excluding carboxylic acids is 1. The van der Waals surface area contributed by atoms with Crippen molar-refractivity contribution in [2.45, 2.75) is 6.92 Å². The lowest BCUT2D eigenvalue weighted by molar-refractivity contribution is -0.114. The molecule has 0 fully saturated rings. The van der Waals surface area contributed by atoms with Gasteiger partial charge in [0.25, 0.3) is 0 Å². The highest BCUT2D eigenvalue weighted by Crippen LogP contribution is 2.20. The molecule has 0 radical (unpaired) electrons. The fraction of sp³-hybridized carbons (Fsp3) is 0.143. The standard InChI is InChI=1S/C14H15N5O/c1-9(20)19-11-6-12(14(16-2)18-8-11)13(15)10-4-3-5-17-7-10/h3-8,15H,1-2H3,(H,16,18)(H,19,20). The van der Waals surface area contributed by atoms with E-state index in [2.05, 4.69) is 20.6 Å². The van der Waals surface area contributed by atoms with Crippen molar-refractivity contribution in [3.05, 3.63) is 47.9 Å². The van der Waals surface area contributed by atoms with Crippen LogP contribution in [-0.4, -0.2) is 28.6 Å². The van der Waals surface area contributed by atoms with Gasteiger partial charge < -0.3 is 10.6 Å². The summed E-state index contributed by atoms with van der Waals surface area (Å²) in [6, 6.07) is 5.30. The average Bonchev–Trinajstić information content (AvgIpc) is 2.46. The van der Waals surface area contributed by atoms with Crippen LogP contribution in [-0.2, 0) is 4.79 Å². The molecule has 2 aromatic rings. The van der Waals surface area contributed by atoms with Crippen LogP contribution in [0, 0.1) is 5.41 Å². The van der Waals surface area contributed by atoms with E-state index < -0.39 is 0 Å². The first-order valence-corrected chi connectivity index (χ1v) is 6.06. The number of nitrogens with zero attached hydrogens (tertiary/aromatic N) is 2. The van der Waals surface area contributed by atoms with Crippen molar-refractivity contribution in [1.29, 1.82) is 5.41 Å². The normalized spacial score (nSPS) is 9.90. The molecule has 0 aliphatic rings. The van der Waals surface area contributed by atoms with Crippen LogP contribution in [0.2, 0.25) is 0 Å². The summed E-state index contributed by atoms with van der Waals surface area (Å²) in [7, 11) is 1.74. The molecule has 3 N–H and O–H groups in total. The molecule has 0 spiro atoms. The highest BCUT2D eigenvalue weighted by molar-refractivity contribution is 6.14. The van der Waals surface area contributed by atoms with Crippen molar-refractivity contribution in [3.63, 3.8) is 0 Å². The Bertz CT molecular complexity index is 639. The second kappa shape index (κ2) is 5.92. The molecule has 2 aromatic heterocycles. The lowest BCUT2D eigenvalue weighted by Gasteiger charge is -2.11. The van der Waals surface area contributed by atoms with Gasteiger partial charge in [-0.25, -0.2) is 4.98 Å². The van der Waals surface area contributed by atoms with Crippen LogP contribution in [0.4, 0.5) is 11.5 Å².